The zero-order chi connectivity index (χ0) is 12.8. The predicted octanol–water partition coefficient (Wildman–Crippen LogP) is 3.49. The molecule has 0 heterocycles. The van der Waals surface area contributed by atoms with E-state index in [0.717, 1.165) is 11.3 Å². The zero-order valence-corrected chi connectivity index (χ0v) is 11.8. The monoisotopic (exact) mass is 320 g/mol. The molecular weight excluding hydrogens is 311 g/mol. The minimum absolute atomic E-state index is 0.594. The summed E-state index contributed by atoms with van der Waals surface area (Å²) in [6, 6.07) is 17.0. The van der Waals surface area contributed by atoms with Crippen molar-refractivity contribution in [1.82, 2.24) is 0 Å². The number of halogens is 1. The number of rotatable bonds is 2. The Bertz CT molecular complexity index is 599. The van der Waals surface area contributed by atoms with Gasteiger partial charge < -0.3 is 0 Å². The average molecular weight is 320 g/mol. The molecule has 0 amide bonds. The van der Waals surface area contributed by atoms with Crippen molar-refractivity contribution in [3.05, 3.63) is 65.2 Å². The Morgan fingerprint density at radius 2 is 1.67 bits per heavy atom. The molecule has 0 unspecified atom stereocenters. The van der Waals surface area contributed by atoms with Gasteiger partial charge in [-0.3, -0.25) is 0 Å². The maximum atomic E-state index is 5.86. The van der Waals surface area contributed by atoms with Crippen molar-refractivity contribution in [2.45, 2.75) is 0 Å². The molecular formula is C14H9ClN2Se. The molecule has 0 fully saturated rings. The van der Waals surface area contributed by atoms with E-state index in [0.29, 0.717) is 10.9 Å². The Morgan fingerprint density at radius 1 is 1.00 bits per heavy atom. The van der Waals surface area contributed by atoms with Crippen LogP contribution in [0.3, 0.4) is 0 Å². The van der Waals surface area contributed by atoms with Gasteiger partial charge in [0, 0.05) is 0 Å². The quantitative estimate of drug-likeness (QED) is 0.460. The summed E-state index contributed by atoms with van der Waals surface area (Å²) in [5.74, 6) is 0.594. The molecule has 2 aromatic carbocycles. The number of nitrogens with zero attached hydrogens (tertiary/aromatic N) is 2. The van der Waals surface area contributed by atoms with E-state index < -0.39 is 0 Å². The Balaban J connectivity index is 2.43. The van der Waals surface area contributed by atoms with Crippen molar-refractivity contribution < 1.29 is 0 Å². The van der Waals surface area contributed by atoms with E-state index in [1.807, 2.05) is 54.6 Å². The molecule has 2 aromatic rings. The second-order valence-corrected chi connectivity index (χ2v) is 4.30. The normalized spacial score (nSPS) is 10.8. The summed E-state index contributed by atoms with van der Waals surface area (Å²) in [6.07, 6.45) is 0. The van der Waals surface area contributed by atoms with Gasteiger partial charge >= 0.3 is 119 Å². The van der Waals surface area contributed by atoms with Gasteiger partial charge in [0.15, 0.2) is 0 Å². The van der Waals surface area contributed by atoms with Gasteiger partial charge in [-0.25, -0.2) is 0 Å². The van der Waals surface area contributed by atoms with Gasteiger partial charge in [-0.05, 0) is 0 Å². The number of aliphatic imine (C=N–C) groups is 2. The molecule has 0 aliphatic rings. The van der Waals surface area contributed by atoms with Gasteiger partial charge in [-0.2, -0.15) is 0 Å². The minimum atomic E-state index is 0.594. The summed E-state index contributed by atoms with van der Waals surface area (Å²) in [6.45, 7) is 0. The zero-order valence-electron chi connectivity index (χ0n) is 9.38. The fraction of sp³-hybridized carbons (Fsp3) is 0. The summed E-state index contributed by atoms with van der Waals surface area (Å²) < 4.78 is 2.64. The van der Waals surface area contributed by atoms with Crippen LogP contribution in [0.15, 0.2) is 64.6 Å². The van der Waals surface area contributed by atoms with Crippen LogP contribution in [-0.4, -0.2) is 26.1 Å². The summed E-state index contributed by atoms with van der Waals surface area (Å²) in [5, 5.41) is 0.689. The molecule has 0 spiro atoms. The molecule has 0 saturated heterocycles. The Hall–Kier alpha value is -1.50. The van der Waals surface area contributed by atoms with Gasteiger partial charge in [0.25, 0.3) is 0 Å². The molecule has 0 bridgehead atoms. The van der Waals surface area contributed by atoms with E-state index in [4.69, 9.17) is 11.6 Å². The summed E-state index contributed by atoms with van der Waals surface area (Å²) in [5.41, 5.74) is 1.74. The Labute approximate surface area is 118 Å². The van der Waals surface area contributed by atoms with Crippen molar-refractivity contribution in [2.75, 3.05) is 0 Å². The molecule has 0 aliphatic carbocycles. The average Bonchev–Trinajstić information content (AvgIpc) is 2.40. The third kappa shape index (κ3) is 3.49. The van der Waals surface area contributed by atoms with Crippen LogP contribution in [0.25, 0.3) is 0 Å². The second kappa shape index (κ2) is 6.44. The van der Waals surface area contributed by atoms with Crippen molar-refractivity contribution in [3.63, 3.8) is 0 Å². The van der Waals surface area contributed by atoms with E-state index in [1.165, 1.54) is 0 Å². The second-order valence-electron chi connectivity index (χ2n) is 3.48. The first-order chi connectivity index (χ1) is 8.79. The van der Waals surface area contributed by atoms with Crippen LogP contribution in [0.4, 0.5) is 5.69 Å². The number of benzene rings is 2. The van der Waals surface area contributed by atoms with E-state index in [9.17, 15) is 0 Å². The topological polar surface area (TPSA) is 24.7 Å². The first-order valence-electron chi connectivity index (χ1n) is 5.27. The van der Waals surface area contributed by atoms with E-state index in [-0.39, 0.29) is 0 Å². The fourth-order valence-corrected chi connectivity index (χ4v) is 1.73. The van der Waals surface area contributed by atoms with Crippen LogP contribution in [0, 0.1) is 0 Å². The first-order valence-corrected chi connectivity index (χ1v) is 6.50. The van der Waals surface area contributed by atoms with Crippen molar-refractivity contribution in [1.29, 1.82) is 0 Å². The van der Waals surface area contributed by atoms with Crippen LogP contribution in [0.5, 0.6) is 0 Å². The van der Waals surface area contributed by atoms with E-state index in [1.54, 1.807) is 0 Å². The van der Waals surface area contributed by atoms with Crippen molar-refractivity contribution in [3.8, 4) is 0 Å². The molecule has 2 rings (SSSR count). The summed E-state index contributed by atoms with van der Waals surface area (Å²) >= 11 is 8.48. The van der Waals surface area contributed by atoms with E-state index in [2.05, 4.69) is 30.3 Å². The van der Waals surface area contributed by atoms with Crippen LogP contribution in [0.2, 0.25) is 5.02 Å². The fourth-order valence-electron chi connectivity index (χ4n) is 1.42. The van der Waals surface area contributed by atoms with Gasteiger partial charge in [0.05, 0.1) is 0 Å². The molecule has 0 radical (unpaired) electrons. The standard InChI is InChI=1S/C14H9ClN2Se/c15-12-8-6-11(7-9-12)14(16-10-18)17-13-4-2-1-3-5-13/h1-9H. The third-order valence-electron chi connectivity index (χ3n) is 2.25. The SMILES string of the molecule is Clc1ccc(C(N=C=[Se])=Nc2ccccc2)cc1. The number of hydrogen-bond donors (Lipinski definition) is 0. The molecule has 4 heteroatoms. The Kier molecular flexibility index (Phi) is 4.63. The summed E-state index contributed by atoms with van der Waals surface area (Å²) in [7, 11) is 0. The number of amidine groups is 1. The van der Waals surface area contributed by atoms with Crippen LogP contribution >= 0.6 is 11.6 Å². The molecule has 0 saturated carbocycles. The van der Waals surface area contributed by atoms with Gasteiger partial charge in [0.1, 0.15) is 0 Å². The number of hydrogen-bond acceptors (Lipinski definition) is 1. The molecule has 18 heavy (non-hydrogen) atoms. The Morgan fingerprint density at radius 3 is 2.28 bits per heavy atom. The van der Waals surface area contributed by atoms with Crippen LogP contribution in [0.1, 0.15) is 5.56 Å². The molecule has 0 aromatic heterocycles. The van der Waals surface area contributed by atoms with Gasteiger partial charge in [-0.1, -0.05) is 0 Å². The van der Waals surface area contributed by atoms with Crippen molar-refractivity contribution >= 4 is 43.4 Å². The van der Waals surface area contributed by atoms with Gasteiger partial charge in [-0.15, -0.1) is 0 Å². The van der Waals surface area contributed by atoms with Crippen LogP contribution < -0.4 is 0 Å². The molecule has 0 aliphatic heterocycles. The molecule has 0 atom stereocenters. The molecule has 0 N–H and O–H groups in total. The first kappa shape index (κ1) is 12.9. The predicted molar refractivity (Wildman–Crippen MR) is 77.3 cm³/mol. The summed E-state index contributed by atoms with van der Waals surface area (Å²) in [4.78, 5) is 8.59. The van der Waals surface area contributed by atoms with Crippen molar-refractivity contribution in [2.24, 2.45) is 9.98 Å². The molecule has 88 valence electrons. The van der Waals surface area contributed by atoms with E-state index >= 15 is 0 Å². The number of para-hydroxylation sites is 1. The van der Waals surface area contributed by atoms with Gasteiger partial charge in [0.2, 0.25) is 0 Å². The maximum absolute atomic E-state index is 5.86. The molecule has 2 nitrogen and oxygen atoms in total. The van der Waals surface area contributed by atoms with Crippen LogP contribution in [-0.2, 0) is 0 Å². The third-order valence-corrected chi connectivity index (χ3v) is 2.69.